The van der Waals surface area contributed by atoms with Crippen LogP contribution in [-0.4, -0.2) is 29.8 Å². The van der Waals surface area contributed by atoms with E-state index in [2.05, 4.69) is 0 Å². The Morgan fingerprint density at radius 2 is 2.00 bits per heavy atom. The van der Waals surface area contributed by atoms with Gasteiger partial charge in [-0.1, -0.05) is 30.3 Å². The molecule has 0 amide bonds. The number of aliphatic hydroxyl groups is 1. The number of benzene rings is 1. The van der Waals surface area contributed by atoms with E-state index in [0.29, 0.717) is 6.54 Å². The minimum absolute atomic E-state index is 0.0552. The standard InChI is InChI=1S/C11H14N2O/c12-7-9-13(10-14)8-6-11-4-2-1-3-5-11/h1-5,14H,6,8-10H2. The third-order valence-corrected chi connectivity index (χ3v) is 2.05. The van der Waals surface area contributed by atoms with Gasteiger partial charge in [0.25, 0.3) is 0 Å². The molecule has 0 heterocycles. The molecule has 0 aromatic heterocycles. The van der Waals surface area contributed by atoms with Crippen molar-refractivity contribution in [2.24, 2.45) is 0 Å². The van der Waals surface area contributed by atoms with Gasteiger partial charge < -0.3 is 5.11 Å². The van der Waals surface area contributed by atoms with E-state index in [4.69, 9.17) is 10.4 Å². The van der Waals surface area contributed by atoms with Crippen molar-refractivity contribution in [3.05, 3.63) is 35.9 Å². The first-order chi connectivity index (χ1) is 6.86. The summed E-state index contributed by atoms with van der Waals surface area (Å²) in [5.41, 5.74) is 1.23. The molecule has 1 aromatic carbocycles. The van der Waals surface area contributed by atoms with Crippen LogP contribution in [0.15, 0.2) is 30.3 Å². The third-order valence-electron chi connectivity index (χ3n) is 2.05. The average molecular weight is 190 g/mol. The molecule has 0 fully saturated rings. The number of hydrogen-bond acceptors (Lipinski definition) is 3. The topological polar surface area (TPSA) is 47.3 Å². The van der Waals surface area contributed by atoms with E-state index in [1.807, 2.05) is 36.4 Å². The van der Waals surface area contributed by atoms with Crippen LogP contribution < -0.4 is 0 Å². The van der Waals surface area contributed by atoms with Crippen molar-refractivity contribution in [1.82, 2.24) is 4.90 Å². The van der Waals surface area contributed by atoms with Crippen molar-refractivity contribution in [2.75, 3.05) is 19.8 Å². The fourth-order valence-electron chi connectivity index (χ4n) is 1.23. The molecule has 1 N–H and O–H groups in total. The lowest BCUT2D eigenvalue weighted by molar-refractivity contribution is 0.121. The van der Waals surface area contributed by atoms with Crippen molar-refractivity contribution in [2.45, 2.75) is 6.42 Å². The highest BCUT2D eigenvalue weighted by atomic mass is 16.3. The maximum absolute atomic E-state index is 8.91. The van der Waals surface area contributed by atoms with E-state index >= 15 is 0 Å². The summed E-state index contributed by atoms with van der Waals surface area (Å²) in [7, 11) is 0. The van der Waals surface area contributed by atoms with Gasteiger partial charge in [0.05, 0.1) is 19.3 Å². The van der Waals surface area contributed by atoms with E-state index in [1.54, 1.807) is 4.90 Å². The number of hydrogen-bond donors (Lipinski definition) is 1. The van der Waals surface area contributed by atoms with E-state index < -0.39 is 0 Å². The quantitative estimate of drug-likeness (QED) is 0.556. The van der Waals surface area contributed by atoms with E-state index in [0.717, 1.165) is 6.42 Å². The molecule has 1 rings (SSSR count). The van der Waals surface area contributed by atoms with Gasteiger partial charge >= 0.3 is 0 Å². The summed E-state index contributed by atoms with van der Waals surface area (Å²) < 4.78 is 0. The zero-order valence-electron chi connectivity index (χ0n) is 8.06. The highest BCUT2D eigenvalue weighted by molar-refractivity contribution is 5.14. The van der Waals surface area contributed by atoms with Crippen molar-refractivity contribution in [3.63, 3.8) is 0 Å². The average Bonchev–Trinajstić information content (AvgIpc) is 2.25. The highest BCUT2D eigenvalue weighted by Gasteiger charge is 2.01. The molecule has 74 valence electrons. The Bertz CT molecular complexity index is 292. The van der Waals surface area contributed by atoms with Gasteiger partial charge in [0.2, 0.25) is 0 Å². The van der Waals surface area contributed by atoms with Crippen LogP contribution in [-0.2, 0) is 6.42 Å². The summed E-state index contributed by atoms with van der Waals surface area (Å²) in [6.07, 6.45) is 0.864. The maximum atomic E-state index is 8.91. The van der Waals surface area contributed by atoms with Crippen LogP contribution in [0.1, 0.15) is 5.56 Å². The predicted molar refractivity (Wildman–Crippen MR) is 54.4 cm³/mol. The van der Waals surface area contributed by atoms with Crippen LogP contribution in [0.25, 0.3) is 0 Å². The molecule has 0 saturated carbocycles. The van der Waals surface area contributed by atoms with Crippen LogP contribution in [0.3, 0.4) is 0 Å². The Morgan fingerprint density at radius 1 is 1.29 bits per heavy atom. The second-order valence-corrected chi connectivity index (χ2v) is 3.09. The van der Waals surface area contributed by atoms with Gasteiger partial charge in [-0.3, -0.25) is 4.90 Å². The van der Waals surface area contributed by atoms with Crippen molar-refractivity contribution < 1.29 is 5.11 Å². The molecule has 0 atom stereocenters. The number of nitrogens with zero attached hydrogens (tertiary/aromatic N) is 2. The molecular weight excluding hydrogens is 176 g/mol. The Hall–Kier alpha value is -1.37. The normalized spacial score (nSPS) is 10.1. The molecule has 0 aliphatic heterocycles. The van der Waals surface area contributed by atoms with Crippen molar-refractivity contribution in [3.8, 4) is 6.07 Å². The van der Waals surface area contributed by atoms with Crippen LogP contribution >= 0.6 is 0 Å². The van der Waals surface area contributed by atoms with Gasteiger partial charge in [-0.25, -0.2) is 0 Å². The molecule has 0 unspecified atom stereocenters. The van der Waals surface area contributed by atoms with Crippen LogP contribution in [0.2, 0.25) is 0 Å². The summed E-state index contributed by atoms with van der Waals surface area (Å²) >= 11 is 0. The maximum Gasteiger partial charge on any atom is 0.0964 e. The summed E-state index contributed by atoms with van der Waals surface area (Å²) in [6.45, 7) is 0.942. The molecule has 0 saturated heterocycles. The second-order valence-electron chi connectivity index (χ2n) is 3.09. The minimum atomic E-state index is -0.0552. The van der Waals surface area contributed by atoms with Crippen LogP contribution in [0.4, 0.5) is 0 Å². The number of nitriles is 1. The van der Waals surface area contributed by atoms with Crippen molar-refractivity contribution in [1.29, 1.82) is 5.26 Å². The molecule has 0 bridgehead atoms. The first-order valence-electron chi connectivity index (χ1n) is 4.61. The lowest BCUT2D eigenvalue weighted by atomic mass is 10.1. The van der Waals surface area contributed by atoms with Gasteiger partial charge in [-0.05, 0) is 12.0 Å². The molecule has 0 spiro atoms. The predicted octanol–water partition coefficient (Wildman–Crippen LogP) is 1.00. The fourth-order valence-corrected chi connectivity index (χ4v) is 1.23. The smallest absolute Gasteiger partial charge is 0.0964 e. The Labute approximate surface area is 84.2 Å². The largest absolute Gasteiger partial charge is 0.381 e. The third kappa shape index (κ3) is 3.56. The number of aliphatic hydroxyl groups excluding tert-OH is 1. The zero-order valence-corrected chi connectivity index (χ0v) is 8.06. The van der Waals surface area contributed by atoms with E-state index in [9.17, 15) is 0 Å². The van der Waals surface area contributed by atoms with E-state index in [1.165, 1.54) is 5.56 Å². The molecule has 14 heavy (non-hydrogen) atoms. The summed E-state index contributed by atoms with van der Waals surface area (Å²) in [6, 6.07) is 12.1. The first kappa shape index (κ1) is 10.7. The first-order valence-corrected chi connectivity index (χ1v) is 4.61. The summed E-state index contributed by atoms with van der Waals surface area (Å²) in [4.78, 5) is 1.70. The summed E-state index contributed by atoms with van der Waals surface area (Å²) in [5, 5.41) is 17.4. The van der Waals surface area contributed by atoms with Gasteiger partial charge in [0.1, 0.15) is 0 Å². The van der Waals surface area contributed by atoms with Gasteiger partial charge in [0, 0.05) is 6.54 Å². The summed E-state index contributed by atoms with van der Waals surface area (Å²) in [5.74, 6) is 0. The molecule has 3 heteroatoms. The number of rotatable bonds is 5. The van der Waals surface area contributed by atoms with Crippen molar-refractivity contribution >= 4 is 0 Å². The van der Waals surface area contributed by atoms with E-state index in [-0.39, 0.29) is 13.3 Å². The lowest BCUT2D eigenvalue weighted by Crippen LogP contribution is -2.27. The monoisotopic (exact) mass is 190 g/mol. The zero-order chi connectivity index (χ0) is 10.2. The molecule has 0 aliphatic carbocycles. The van der Waals surface area contributed by atoms with Crippen LogP contribution in [0.5, 0.6) is 0 Å². The molecular formula is C11H14N2O. The molecule has 1 aromatic rings. The lowest BCUT2D eigenvalue weighted by Gasteiger charge is -2.14. The van der Waals surface area contributed by atoms with Gasteiger partial charge in [-0.15, -0.1) is 0 Å². The highest BCUT2D eigenvalue weighted by Crippen LogP contribution is 2.00. The SMILES string of the molecule is N#CCN(CO)CCc1ccccc1. The van der Waals surface area contributed by atoms with Crippen LogP contribution in [0, 0.1) is 11.3 Å². The molecule has 0 aliphatic rings. The Morgan fingerprint density at radius 3 is 2.57 bits per heavy atom. The molecule has 0 radical (unpaired) electrons. The second kappa shape index (κ2) is 6.14. The Balaban J connectivity index is 2.36. The Kier molecular flexibility index (Phi) is 4.70. The minimum Gasteiger partial charge on any atom is -0.381 e. The fraction of sp³-hybridized carbons (Fsp3) is 0.364. The molecule has 3 nitrogen and oxygen atoms in total. The van der Waals surface area contributed by atoms with Gasteiger partial charge in [0.15, 0.2) is 0 Å². The van der Waals surface area contributed by atoms with Gasteiger partial charge in [-0.2, -0.15) is 5.26 Å².